The number of benzene rings is 1. The Morgan fingerprint density at radius 1 is 1.33 bits per heavy atom. The maximum atomic E-state index is 12.3. The zero-order valence-corrected chi connectivity index (χ0v) is 11.2. The Morgan fingerprint density at radius 3 is 2.89 bits per heavy atom. The summed E-state index contributed by atoms with van der Waals surface area (Å²) in [5.74, 6) is 2.64. The van der Waals surface area contributed by atoms with E-state index in [1.165, 1.54) is 24.8 Å². The van der Waals surface area contributed by atoms with E-state index in [0.717, 1.165) is 17.1 Å². The SMILES string of the molecule is O=C(c1cccc(C2CCC2)c1)C1CSCCO1. The van der Waals surface area contributed by atoms with Crippen molar-refractivity contribution in [2.75, 3.05) is 18.1 Å². The number of ether oxygens (including phenoxy) is 1. The highest BCUT2D eigenvalue weighted by Gasteiger charge is 2.25. The van der Waals surface area contributed by atoms with Gasteiger partial charge in [-0.1, -0.05) is 24.6 Å². The van der Waals surface area contributed by atoms with Crippen molar-refractivity contribution in [1.29, 1.82) is 0 Å². The molecule has 0 amide bonds. The summed E-state index contributed by atoms with van der Waals surface area (Å²) >= 11 is 1.81. The average molecular weight is 262 g/mol. The van der Waals surface area contributed by atoms with Crippen LogP contribution >= 0.6 is 11.8 Å². The fourth-order valence-electron chi connectivity index (χ4n) is 2.51. The molecule has 1 saturated carbocycles. The number of Topliss-reactive ketones (excluding diaryl/α,β-unsaturated/α-hetero) is 1. The van der Waals surface area contributed by atoms with Gasteiger partial charge in [0.25, 0.3) is 0 Å². The number of rotatable bonds is 3. The summed E-state index contributed by atoms with van der Waals surface area (Å²) in [6.07, 6.45) is 3.63. The van der Waals surface area contributed by atoms with E-state index < -0.39 is 0 Å². The van der Waals surface area contributed by atoms with E-state index in [2.05, 4.69) is 12.1 Å². The van der Waals surface area contributed by atoms with Crippen LogP contribution in [0.4, 0.5) is 0 Å². The summed E-state index contributed by atoms with van der Waals surface area (Å²) in [5.41, 5.74) is 2.16. The van der Waals surface area contributed by atoms with Crippen LogP contribution in [0.5, 0.6) is 0 Å². The lowest BCUT2D eigenvalue weighted by atomic mass is 9.79. The van der Waals surface area contributed by atoms with E-state index in [0.29, 0.717) is 12.5 Å². The molecule has 1 atom stereocenters. The quantitative estimate of drug-likeness (QED) is 0.782. The van der Waals surface area contributed by atoms with Crippen LogP contribution in [0.1, 0.15) is 41.1 Å². The van der Waals surface area contributed by atoms with Gasteiger partial charge in [-0.05, 0) is 30.4 Å². The molecule has 2 fully saturated rings. The Morgan fingerprint density at radius 2 is 2.22 bits per heavy atom. The van der Waals surface area contributed by atoms with Crippen molar-refractivity contribution in [3.8, 4) is 0 Å². The molecular weight excluding hydrogens is 244 g/mol. The van der Waals surface area contributed by atoms with Crippen molar-refractivity contribution in [2.45, 2.75) is 31.3 Å². The predicted molar refractivity (Wildman–Crippen MR) is 74.4 cm³/mol. The van der Waals surface area contributed by atoms with Crippen LogP contribution in [0.15, 0.2) is 24.3 Å². The molecule has 0 aromatic heterocycles. The second-order valence-electron chi connectivity index (χ2n) is 5.05. The van der Waals surface area contributed by atoms with Gasteiger partial charge in [0.1, 0.15) is 6.10 Å². The molecule has 2 aliphatic rings. The predicted octanol–water partition coefficient (Wildman–Crippen LogP) is 3.27. The lowest BCUT2D eigenvalue weighted by Gasteiger charge is -2.26. The van der Waals surface area contributed by atoms with Crippen molar-refractivity contribution < 1.29 is 9.53 Å². The summed E-state index contributed by atoms with van der Waals surface area (Å²) in [7, 11) is 0. The van der Waals surface area contributed by atoms with Crippen LogP contribution in [0.25, 0.3) is 0 Å². The van der Waals surface area contributed by atoms with E-state index in [4.69, 9.17) is 4.74 Å². The minimum Gasteiger partial charge on any atom is -0.368 e. The van der Waals surface area contributed by atoms with E-state index in [-0.39, 0.29) is 11.9 Å². The second kappa shape index (κ2) is 5.45. The van der Waals surface area contributed by atoms with Crippen LogP contribution in [0.3, 0.4) is 0 Å². The Bertz CT molecular complexity index is 434. The Balaban J connectivity index is 1.75. The molecule has 3 rings (SSSR count). The van der Waals surface area contributed by atoms with Gasteiger partial charge in [0.15, 0.2) is 5.78 Å². The first-order chi connectivity index (χ1) is 8.84. The fraction of sp³-hybridized carbons (Fsp3) is 0.533. The maximum absolute atomic E-state index is 12.3. The first-order valence-electron chi connectivity index (χ1n) is 6.68. The van der Waals surface area contributed by atoms with Crippen molar-refractivity contribution in [2.24, 2.45) is 0 Å². The number of carbonyl (C=O) groups excluding carboxylic acids is 1. The number of carbonyl (C=O) groups is 1. The third-order valence-electron chi connectivity index (χ3n) is 3.86. The van der Waals surface area contributed by atoms with Crippen molar-refractivity contribution >= 4 is 17.5 Å². The summed E-state index contributed by atoms with van der Waals surface area (Å²) in [6.45, 7) is 0.698. The molecule has 2 nitrogen and oxygen atoms in total. The molecule has 1 aromatic carbocycles. The van der Waals surface area contributed by atoms with Gasteiger partial charge >= 0.3 is 0 Å². The van der Waals surface area contributed by atoms with Gasteiger partial charge in [-0.2, -0.15) is 11.8 Å². The number of hydrogen-bond donors (Lipinski definition) is 0. The number of thioether (sulfide) groups is 1. The summed E-state index contributed by atoms with van der Waals surface area (Å²) in [5, 5.41) is 0. The number of hydrogen-bond acceptors (Lipinski definition) is 3. The Labute approximate surface area is 112 Å². The van der Waals surface area contributed by atoms with E-state index >= 15 is 0 Å². The molecular formula is C15H18O2S. The molecule has 0 spiro atoms. The zero-order chi connectivity index (χ0) is 12.4. The topological polar surface area (TPSA) is 26.3 Å². The number of ketones is 1. The largest absolute Gasteiger partial charge is 0.368 e. The van der Waals surface area contributed by atoms with Crippen molar-refractivity contribution in [3.63, 3.8) is 0 Å². The van der Waals surface area contributed by atoms with Crippen LogP contribution < -0.4 is 0 Å². The molecule has 0 radical (unpaired) electrons. The van der Waals surface area contributed by atoms with Gasteiger partial charge in [0.2, 0.25) is 0 Å². The Hall–Kier alpha value is -0.800. The molecule has 0 N–H and O–H groups in total. The molecule has 0 bridgehead atoms. The van der Waals surface area contributed by atoms with Crippen LogP contribution in [0.2, 0.25) is 0 Å². The molecule has 1 aliphatic carbocycles. The minimum atomic E-state index is -0.236. The Kier molecular flexibility index (Phi) is 3.71. The molecule has 1 aromatic rings. The highest BCUT2D eigenvalue weighted by molar-refractivity contribution is 7.99. The lowest BCUT2D eigenvalue weighted by molar-refractivity contribution is 0.0518. The standard InChI is InChI=1S/C15H18O2S/c16-15(14-10-18-8-7-17-14)13-6-2-5-12(9-13)11-3-1-4-11/h2,5-6,9,11,14H,1,3-4,7-8,10H2. The average Bonchev–Trinajstić information content (AvgIpc) is 2.37. The van der Waals surface area contributed by atoms with Gasteiger partial charge in [-0.15, -0.1) is 0 Å². The highest BCUT2D eigenvalue weighted by Crippen LogP contribution is 2.36. The third-order valence-corrected chi connectivity index (χ3v) is 4.85. The fourth-order valence-corrected chi connectivity index (χ4v) is 3.35. The smallest absolute Gasteiger partial charge is 0.192 e. The molecule has 1 heterocycles. The summed E-state index contributed by atoms with van der Waals surface area (Å²) < 4.78 is 5.56. The van der Waals surface area contributed by atoms with E-state index in [1.54, 1.807) is 11.8 Å². The maximum Gasteiger partial charge on any atom is 0.192 e. The van der Waals surface area contributed by atoms with Crippen molar-refractivity contribution in [3.05, 3.63) is 35.4 Å². The van der Waals surface area contributed by atoms with Gasteiger partial charge < -0.3 is 4.74 Å². The van der Waals surface area contributed by atoms with Crippen LogP contribution in [0, 0.1) is 0 Å². The molecule has 1 unspecified atom stereocenters. The second-order valence-corrected chi connectivity index (χ2v) is 6.20. The monoisotopic (exact) mass is 262 g/mol. The minimum absolute atomic E-state index is 0.156. The summed E-state index contributed by atoms with van der Waals surface area (Å²) in [4.78, 5) is 12.3. The molecule has 3 heteroatoms. The van der Waals surface area contributed by atoms with E-state index in [9.17, 15) is 4.79 Å². The first kappa shape index (κ1) is 12.2. The van der Waals surface area contributed by atoms with Gasteiger partial charge in [0, 0.05) is 17.1 Å². The van der Waals surface area contributed by atoms with Crippen LogP contribution in [-0.4, -0.2) is 30.0 Å². The molecule has 18 heavy (non-hydrogen) atoms. The molecule has 1 saturated heterocycles. The van der Waals surface area contributed by atoms with E-state index in [1.807, 2.05) is 12.1 Å². The zero-order valence-electron chi connectivity index (χ0n) is 10.4. The van der Waals surface area contributed by atoms with Gasteiger partial charge in [0.05, 0.1) is 6.61 Å². The first-order valence-corrected chi connectivity index (χ1v) is 7.83. The van der Waals surface area contributed by atoms with Crippen LogP contribution in [-0.2, 0) is 4.74 Å². The summed E-state index contributed by atoms with van der Waals surface area (Å²) in [6, 6.07) is 8.16. The highest BCUT2D eigenvalue weighted by atomic mass is 32.2. The molecule has 1 aliphatic heterocycles. The third kappa shape index (κ3) is 2.47. The van der Waals surface area contributed by atoms with Gasteiger partial charge in [-0.3, -0.25) is 4.79 Å². The van der Waals surface area contributed by atoms with Crippen molar-refractivity contribution in [1.82, 2.24) is 0 Å². The van der Waals surface area contributed by atoms with Gasteiger partial charge in [-0.25, -0.2) is 0 Å². The lowest BCUT2D eigenvalue weighted by Crippen LogP contribution is -2.31. The molecule has 96 valence electrons. The normalized spacial score (nSPS) is 24.6.